The summed E-state index contributed by atoms with van der Waals surface area (Å²) in [5.41, 5.74) is 6.43. The van der Waals surface area contributed by atoms with Crippen molar-refractivity contribution in [2.75, 3.05) is 6.54 Å². The van der Waals surface area contributed by atoms with E-state index in [-0.39, 0.29) is 5.41 Å². The molecule has 2 heteroatoms. The summed E-state index contributed by atoms with van der Waals surface area (Å²) in [5, 5.41) is 11.4. The number of aliphatic hydroxyl groups is 1. The molecule has 0 saturated carbocycles. The predicted octanol–water partition coefficient (Wildman–Crippen LogP) is 4.55. The Hall–Kier alpha value is -0.860. The highest BCUT2D eigenvalue weighted by atomic mass is 16.3. The van der Waals surface area contributed by atoms with E-state index < -0.39 is 5.60 Å². The van der Waals surface area contributed by atoms with Gasteiger partial charge in [0.15, 0.2) is 0 Å². The zero-order valence-corrected chi connectivity index (χ0v) is 14.9. The fourth-order valence-corrected chi connectivity index (χ4v) is 3.82. The molecule has 0 amide bonds. The van der Waals surface area contributed by atoms with Crippen molar-refractivity contribution in [1.29, 1.82) is 0 Å². The first-order valence-corrected chi connectivity index (χ1v) is 8.90. The molecule has 0 spiro atoms. The van der Waals surface area contributed by atoms with Crippen molar-refractivity contribution in [1.82, 2.24) is 0 Å². The lowest BCUT2D eigenvalue weighted by Crippen LogP contribution is -2.55. The lowest BCUT2D eigenvalue weighted by molar-refractivity contribution is -0.102. The van der Waals surface area contributed by atoms with Crippen molar-refractivity contribution in [3.05, 3.63) is 35.9 Å². The molecule has 2 nitrogen and oxygen atoms in total. The fourth-order valence-electron chi connectivity index (χ4n) is 3.82. The third-order valence-corrected chi connectivity index (χ3v) is 5.61. The summed E-state index contributed by atoms with van der Waals surface area (Å²) < 4.78 is 0. The van der Waals surface area contributed by atoms with Crippen LogP contribution in [0.25, 0.3) is 0 Å². The van der Waals surface area contributed by atoms with Crippen LogP contribution in [0.15, 0.2) is 30.3 Å². The average Bonchev–Trinajstić information content (AvgIpc) is 2.51. The average molecular weight is 306 g/mol. The van der Waals surface area contributed by atoms with Gasteiger partial charge in [0, 0.05) is 18.4 Å². The Morgan fingerprint density at radius 2 is 1.77 bits per heavy atom. The molecule has 0 aliphatic heterocycles. The third-order valence-electron chi connectivity index (χ3n) is 5.61. The van der Waals surface area contributed by atoms with Crippen LogP contribution >= 0.6 is 0 Å². The number of hydrogen-bond donors (Lipinski definition) is 2. The Morgan fingerprint density at radius 1 is 1.14 bits per heavy atom. The van der Waals surface area contributed by atoms with Crippen LogP contribution in [0.1, 0.15) is 65.4 Å². The molecule has 0 bridgehead atoms. The normalized spacial score (nSPS) is 18.5. The second-order valence-electron chi connectivity index (χ2n) is 7.06. The summed E-state index contributed by atoms with van der Waals surface area (Å²) in [7, 11) is 0. The number of unbranched alkanes of at least 4 members (excludes halogenated alkanes) is 2. The van der Waals surface area contributed by atoms with E-state index >= 15 is 0 Å². The highest BCUT2D eigenvalue weighted by Crippen LogP contribution is 2.45. The van der Waals surface area contributed by atoms with Crippen molar-refractivity contribution in [3.8, 4) is 0 Å². The molecular formula is C20H35NO. The molecule has 1 aromatic rings. The maximum absolute atomic E-state index is 11.4. The van der Waals surface area contributed by atoms with Crippen molar-refractivity contribution in [2.24, 2.45) is 17.1 Å². The van der Waals surface area contributed by atoms with Crippen LogP contribution in [0.3, 0.4) is 0 Å². The Bertz CT molecular complexity index is 415. The summed E-state index contributed by atoms with van der Waals surface area (Å²) in [5.74, 6) is 0.410. The first kappa shape index (κ1) is 19.2. The molecule has 0 saturated heterocycles. The van der Waals surface area contributed by atoms with Gasteiger partial charge in [-0.2, -0.15) is 0 Å². The van der Waals surface area contributed by atoms with Crippen LogP contribution in [0.2, 0.25) is 0 Å². The maximum atomic E-state index is 11.4. The second kappa shape index (κ2) is 8.69. The van der Waals surface area contributed by atoms with Gasteiger partial charge in [0.1, 0.15) is 0 Å². The summed E-state index contributed by atoms with van der Waals surface area (Å²) in [6, 6.07) is 10.3. The number of benzene rings is 1. The zero-order valence-electron chi connectivity index (χ0n) is 14.9. The molecule has 3 atom stereocenters. The summed E-state index contributed by atoms with van der Waals surface area (Å²) in [4.78, 5) is 0. The Labute approximate surface area is 137 Å². The van der Waals surface area contributed by atoms with Gasteiger partial charge in [-0.3, -0.25) is 0 Å². The van der Waals surface area contributed by atoms with Crippen LogP contribution in [-0.2, 0) is 6.42 Å². The molecule has 1 aromatic carbocycles. The molecule has 0 aliphatic carbocycles. The van der Waals surface area contributed by atoms with Gasteiger partial charge < -0.3 is 10.8 Å². The van der Waals surface area contributed by atoms with Crippen molar-refractivity contribution in [3.63, 3.8) is 0 Å². The van der Waals surface area contributed by atoms with E-state index in [9.17, 15) is 5.11 Å². The zero-order chi connectivity index (χ0) is 16.6. The summed E-state index contributed by atoms with van der Waals surface area (Å²) in [6.07, 6.45) is 6.27. The van der Waals surface area contributed by atoms with Gasteiger partial charge in [-0.1, -0.05) is 76.8 Å². The van der Waals surface area contributed by atoms with E-state index in [2.05, 4.69) is 32.9 Å². The lowest BCUT2D eigenvalue weighted by Gasteiger charge is -2.49. The van der Waals surface area contributed by atoms with Gasteiger partial charge >= 0.3 is 0 Å². The standard InChI is InChI=1S/C20H35NO/c1-5-7-11-14-20(16-21,17(3)6-2)19(4,22)15-18-12-9-8-10-13-18/h8-10,12-13,17,22H,5-7,11,14-16,21H2,1-4H3. The van der Waals surface area contributed by atoms with Gasteiger partial charge in [-0.15, -0.1) is 0 Å². The van der Waals surface area contributed by atoms with Crippen LogP contribution < -0.4 is 5.73 Å². The lowest BCUT2D eigenvalue weighted by atomic mass is 9.60. The minimum absolute atomic E-state index is 0.216. The molecule has 1 rings (SSSR count). The topological polar surface area (TPSA) is 46.2 Å². The first-order valence-electron chi connectivity index (χ1n) is 8.90. The van der Waals surface area contributed by atoms with Crippen LogP contribution in [0, 0.1) is 11.3 Å². The quantitative estimate of drug-likeness (QED) is 0.623. The monoisotopic (exact) mass is 305 g/mol. The largest absolute Gasteiger partial charge is 0.389 e. The second-order valence-corrected chi connectivity index (χ2v) is 7.06. The minimum Gasteiger partial charge on any atom is -0.389 e. The fraction of sp³-hybridized carbons (Fsp3) is 0.700. The minimum atomic E-state index is -0.785. The van der Waals surface area contributed by atoms with E-state index in [1.54, 1.807) is 0 Å². The van der Waals surface area contributed by atoms with Gasteiger partial charge in [0.25, 0.3) is 0 Å². The van der Waals surface area contributed by atoms with Gasteiger partial charge in [0.05, 0.1) is 5.60 Å². The molecule has 3 unspecified atom stereocenters. The van der Waals surface area contributed by atoms with Gasteiger partial charge in [-0.25, -0.2) is 0 Å². The Balaban J connectivity index is 3.05. The van der Waals surface area contributed by atoms with E-state index in [0.29, 0.717) is 18.9 Å². The highest BCUT2D eigenvalue weighted by Gasteiger charge is 2.48. The number of hydrogen-bond acceptors (Lipinski definition) is 2. The Kier molecular flexibility index (Phi) is 7.58. The van der Waals surface area contributed by atoms with E-state index in [0.717, 1.165) is 19.3 Å². The van der Waals surface area contributed by atoms with Crippen molar-refractivity contribution < 1.29 is 5.11 Å². The SMILES string of the molecule is CCCCCC(CN)(C(C)CC)C(C)(O)Cc1ccccc1. The summed E-state index contributed by atoms with van der Waals surface area (Å²) >= 11 is 0. The van der Waals surface area contributed by atoms with Crippen molar-refractivity contribution in [2.45, 2.75) is 71.8 Å². The number of nitrogens with two attached hydrogens (primary N) is 1. The van der Waals surface area contributed by atoms with E-state index in [1.165, 1.54) is 18.4 Å². The Morgan fingerprint density at radius 3 is 2.27 bits per heavy atom. The van der Waals surface area contributed by atoms with Crippen LogP contribution in [0.4, 0.5) is 0 Å². The smallest absolute Gasteiger partial charge is 0.0730 e. The molecule has 0 aromatic heterocycles. The molecule has 0 radical (unpaired) electrons. The summed E-state index contributed by atoms with van der Waals surface area (Å²) in [6.45, 7) is 9.21. The molecule has 126 valence electrons. The molecular weight excluding hydrogens is 270 g/mol. The molecule has 0 aliphatic rings. The van der Waals surface area contributed by atoms with Crippen LogP contribution in [0.5, 0.6) is 0 Å². The third kappa shape index (κ3) is 4.33. The van der Waals surface area contributed by atoms with Crippen LogP contribution in [-0.4, -0.2) is 17.3 Å². The van der Waals surface area contributed by atoms with E-state index in [4.69, 9.17) is 5.73 Å². The molecule has 22 heavy (non-hydrogen) atoms. The van der Waals surface area contributed by atoms with E-state index in [1.807, 2.05) is 25.1 Å². The van der Waals surface area contributed by atoms with Gasteiger partial charge in [0.2, 0.25) is 0 Å². The molecule has 3 N–H and O–H groups in total. The maximum Gasteiger partial charge on any atom is 0.0730 e. The van der Waals surface area contributed by atoms with Gasteiger partial charge in [-0.05, 0) is 24.8 Å². The molecule has 0 fully saturated rings. The highest BCUT2D eigenvalue weighted by molar-refractivity contribution is 5.18. The predicted molar refractivity (Wildman–Crippen MR) is 95.9 cm³/mol. The molecule has 0 heterocycles. The number of rotatable bonds is 10. The first-order chi connectivity index (χ1) is 10.4. The van der Waals surface area contributed by atoms with Crippen molar-refractivity contribution >= 4 is 0 Å².